The molecule has 1 aromatic carbocycles. The second kappa shape index (κ2) is 7.69. The molecule has 0 bridgehead atoms. The van der Waals surface area contributed by atoms with Gasteiger partial charge in [-0.25, -0.2) is 0 Å². The molecule has 106 valence electrons. The molecule has 1 N–H and O–H groups in total. The summed E-state index contributed by atoms with van der Waals surface area (Å²) >= 11 is 0. The number of nitrogens with one attached hydrogen (secondary N) is 1. The molecule has 0 aliphatic heterocycles. The summed E-state index contributed by atoms with van der Waals surface area (Å²) in [6.07, 6.45) is 8.38. The molecule has 1 saturated carbocycles. The third-order valence-electron chi connectivity index (χ3n) is 4.48. The Morgan fingerprint density at radius 1 is 1.21 bits per heavy atom. The zero-order valence-corrected chi connectivity index (χ0v) is 12.6. The molecule has 0 spiro atoms. The van der Waals surface area contributed by atoms with E-state index in [0.29, 0.717) is 5.92 Å². The number of hydrogen-bond donors (Lipinski definition) is 1. The fourth-order valence-electron chi connectivity index (χ4n) is 3.43. The molecule has 1 atom stereocenters. The fourth-order valence-corrected chi connectivity index (χ4v) is 3.43. The van der Waals surface area contributed by atoms with Gasteiger partial charge in [0.1, 0.15) is 0 Å². The first-order valence-corrected chi connectivity index (χ1v) is 8.08. The van der Waals surface area contributed by atoms with E-state index in [1.165, 1.54) is 44.1 Å². The van der Waals surface area contributed by atoms with Crippen molar-refractivity contribution < 1.29 is 0 Å². The van der Waals surface area contributed by atoms with Crippen LogP contribution in [-0.4, -0.2) is 13.1 Å². The molecule has 0 aromatic heterocycles. The topological polar surface area (TPSA) is 12.0 Å². The average Bonchev–Trinajstić information content (AvgIpc) is 2.45. The monoisotopic (exact) mass is 259 g/mol. The highest BCUT2D eigenvalue weighted by Gasteiger charge is 2.24. The zero-order chi connectivity index (χ0) is 13.5. The Labute approximate surface area is 118 Å². The van der Waals surface area contributed by atoms with Gasteiger partial charge in [-0.05, 0) is 50.1 Å². The van der Waals surface area contributed by atoms with Crippen molar-refractivity contribution in [2.75, 3.05) is 13.1 Å². The van der Waals surface area contributed by atoms with Gasteiger partial charge in [0, 0.05) is 6.54 Å². The number of benzene rings is 1. The van der Waals surface area contributed by atoms with Crippen LogP contribution in [0.5, 0.6) is 0 Å². The maximum atomic E-state index is 3.65. The van der Waals surface area contributed by atoms with Crippen molar-refractivity contribution in [3.63, 3.8) is 0 Å². The van der Waals surface area contributed by atoms with Crippen molar-refractivity contribution in [2.24, 2.45) is 5.92 Å². The maximum absolute atomic E-state index is 3.65. The lowest BCUT2D eigenvalue weighted by Gasteiger charge is -2.31. The van der Waals surface area contributed by atoms with Crippen LogP contribution in [0, 0.1) is 12.8 Å². The van der Waals surface area contributed by atoms with Crippen LogP contribution in [-0.2, 0) is 0 Å². The van der Waals surface area contributed by atoms with E-state index in [1.807, 2.05) is 0 Å². The standard InChI is InChI=1S/C18H29N/c1-3-12-19-14-18(16-9-5-4-6-10-16)17-11-7-8-15(2)13-17/h7-8,11,13,16,18-19H,3-6,9-10,12,14H2,1-2H3. The highest BCUT2D eigenvalue weighted by Crippen LogP contribution is 2.35. The van der Waals surface area contributed by atoms with Gasteiger partial charge >= 0.3 is 0 Å². The van der Waals surface area contributed by atoms with Gasteiger partial charge in [0.15, 0.2) is 0 Å². The lowest BCUT2D eigenvalue weighted by atomic mass is 9.76. The van der Waals surface area contributed by atoms with Gasteiger partial charge in [0.25, 0.3) is 0 Å². The van der Waals surface area contributed by atoms with Crippen LogP contribution in [0.3, 0.4) is 0 Å². The molecule has 1 nitrogen and oxygen atoms in total. The summed E-state index contributed by atoms with van der Waals surface area (Å²) in [6, 6.07) is 9.16. The lowest BCUT2D eigenvalue weighted by Crippen LogP contribution is -2.28. The summed E-state index contributed by atoms with van der Waals surface area (Å²) in [5.74, 6) is 1.60. The Hall–Kier alpha value is -0.820. The van der Waals surface area contributed by atoms with E-state index >= 15 is 0 Å². The normalized spacial score (nSPS) is 18.4. The largest absolute Gasteiger partial charge is 0.316 e. The van der Waals surface area contributed by atoms with Crippen molar-refractivity contribution in [2.45, 2.75) is 58.3 Å². The summed E-state index contributed by atoms with van der Waals surface area (Å²) in [6.45, 7) is 6.76. The molecule has 0 radical (unpaired) electrons. The number of hydrogen-bond acceptors (Lipinski definition) is 1. The maximum Gasteiger partial charge on any atom is 0.00228 e. The number of rotatable bonds is 6. The SMILES string of the molecule is CCCNCC(c1cccc(C)c1)C1CCCCC1. The lowest BCUT2D eigenvalue weighted by molar-refractivity contribution is 0.297. The van der Waals surface area contributed by atoms with Crippen LogP contribution in [0.15, 0.2) is 24.3 Å². The molecule has 1 fully saturated rings. The minimum absolute atomic E-state index is 0.715. The highest BCUT2D eigenvalue weighted by atomic mass is 14.9. The molecule has 19 heavy (non-hydrogen) atoms. The third kappa shape index (κ3) is 4.35. The quantitative estimate of drug-likeness (QED) is 0.733. The molecule has 2 rings (SSSR count). The Balaban J connectivity index is 2.08. The van der Waals surface area contributed by atoms with Crippen LogP contribution in [0.1, 0.15) is 62.5 Å². The smallest absolute Gasteiger partial charge is 0.00228 e. The van der Waals surface area contributed by atoms with Crippen molar-refractivity contribution >= 4 is 0 Å². The molecule has 1 heteroatoms. The van der Waals surface area contributed by atoms with E-state index in [1.54, 1.807) is 5.56 Å². The highest BCUT2D eigenvalue weighted by molar-refractivity contribution is 5.26. The van der Waals surface area contributed by atoms with Gasteiger partial charge in [-0.15, -0.1) is 0 Å². The summed E-state index contributed by atoms with van der Waals surface area (Å²) < 4.78 is 0. The molecule has 0 heterocycles. The van der Waals surface area contributed by atoms with E-state index in [2.05, 4.69) is 43.4 Å². The minimum Gasteiger partial charge on any atom is -0.316 e. The van der Waals surface area contributed by atoms with E-state index in [4.69, 9.17) is 0 Å². The van der Waals surface area contributed by atoms with Crippen LogP contribution >= 0.6 is 0 Å². The summed E-state index contributed by atoms with van der Waals surface area (Å²) in [5, 5.41) is 3.65. The molecular formula is C18H29N. The van der Waals surface area contributed by atoms with Gasteiger partial charge in [-0.2, -0.15) is 0 Å². The van der Waals surface area contributed by atoms with Crippen molar-refractivity contribution in [3.8, 4) is 0 Å². The molecule has 1 aliphatic rings. The fraction of sp³-hybridized carbons (Fsp3) is 0.667. The predicted octanol–water partition coefficient (Wildman–Crippen LogP) is 4.66. The summed E-state index contributed by atoms with van der Waals surface area (Å²) in [5.41, 5.74) is 2.95. The second-order valence-corrected chi connectivity index (χ2v) is 6.12. The minimum atomic E-state index is 0.715. The first-order chi connectivity index (χ1) is 9.31. The summed E-state index contributed by atoms with van der Waals surface area (Å²) in [4.78, 5) is 0. The molecular weight excluding hydrogens is 230 g/mol. The third-order valence-corrected chi connectivity index (χ3v) is 4.48. The Morgan fingerprint density at radius 3 is 2.68 bits per heavy atom. The zero-order valence-electron chi connectivity index (χ0n) is 12.6. The summed E-state index contributed by atoms with van der Waals surface area (Å²) in [7, 11) is 0. The van der Waals surface area contributed by atoms with Crippen LogP contribution < -0.4 is 5.32 Å². The van der Waals surface area contributed by atoms with Gasteiger partial charge < -0.3 is 5.32 Å². The average molecular weight is 259 g/mol. The van der Waals surface area contributed by atoms with Gasteiger partial charge in [0.05, 0.1) is 0 Å². The van der Waals surface area contributed by atoms with Crippen LogP contribution in [0.2, 0.25) is 0 Å². The van der Waals surface area contributed by atoms with E-state index in [9.17, 15) is 0 Å². The van der Waals surface area contributed by atoms with Gasteiger partial charge in [-0.3, -0.25) is 0 Å². The van der Waals surface area contributed by atoms with Gasteiger partial charge in [-0.1, -0.05) is 56.0 Å². The van der Waals surface area contributed by atoms with Crippen LogP contribution in [0.4, 0.5) is 0 Å². The van der Waals surface area contributed by atoms with E-state index in [0.717, 1.165) is 19.0 Å². The Morgan fingerprint density at radius 2 is 2.00 bits per heavy atom. The molecule has 1 aromatic rings. The van der Waals surface area contributed by atoms with Crippen LogP contribution in [0.25, 0.3) is 0 Å². The molecule has 0 saturated heterocycles. The molecule has 1 aliphatic carbocycles. The van der Waals surface area contributed by atoms with E-state index in [-0.39, 0.29) is 0 Å². The predicted molar refractivity (Wildman–Crippen MR) is 83.7 cm³/mol. The first kappa shape index (κ1) is 14.6. The van der Waals surface area contributed by atoms with Crippen molar-refractivity contribution in [3.05, 3.63) is 35.4 Å². The van der Waals surface area contributed by atoms with Crippen molar-refractivity contribution in [1.82, 2.24) is 5.32 Å². The number of aryl methyl sites for hydroxylation is 1. The molecule has 0 amide bonds. The molecule has 1 unspecified atom stereocenters. The first-order valence-electron chi connectivity index (χ1n) is 8.08. The second-order valence-electron chi connectivity index (χ2n) is 6.12. The van der Waals surface area contributed by atoms with E-state index < -0.39 is 0 Å². The Bertz CT molecular complexity index is 366. The Kier molecular flexibility index (Phi) is 5.91. The van der Waals surface area contributed by atoms with Gasteiger partial charge in [0.2, 0.25) is 0 Å². The van der Waals surface area contributed by atoms with Crippen molar-refractivity contribution in [1.29, 1.82) is 0 Å².